The summed E-state index contributed by atoms with van der Waals surface area (Å²) in [7, 11) is 0. The number of ether oxygens (including phenoxy) is 1. The molecule has 2 unspecified atom stereocenters. The summed E-state index contributed by atoms with van der Waals surface area (Å²) in [6.45, 7) is 4.71. The Morgan fingerprint density at radius 3 is 2.81 bits per heavy atom. The monoisotopic (exact) mass is 362 g/mol. The second kappa shape index (κ2) is 7.84. The van der Waals surface area contributed by atoms with Crippen LogP contribution < -0.4 is 5.32 Å². The zero-order valence-corrected chi connectivity index (χ0v) is 14.8. The molecule has 0 spiro atoms. The summed E-state index contributed by atoms with van der Waals surface area (Å²) in [5.41, 5.74) is 1.55. The largest absolute Gasteiger partial charge is 0.388 e. The minimum absolute atomic E-state index is 0.00467. The van der Waals surface area contributed by atoms with Gasteiger partial charge in [0.25, 0.3) is 0 Å². The third-order valence-corrected chi connectivity index (χ3v) is 4.14. The van der Waals surface area contributed by atoms with Gasteiger partial charge in [0.05, 0.1) is 37.2 Å². The number of amides is 2. The number of aromatic nitrogens is 2. The van der Waals surface area contributed by atoms with Gasteiger partial charge in [-0.2, -0.15) is 5.10 Å². The number of benzene rings is 1. The Labute approximate surface area is 151 Å². The van der Waals surface area contributed by atoms with Gasteiger partial charge in [0.1, 0.15) is 11.9 Å². The molecular weight excluding hydrogens is 339 g/mol. The van der Waals surface area contributed by atoms with Crippen LogP contribution in [0.15, 0.2) is 36.7 Å². The van der Waals surface area contributed by atoms with Crippen molar-refractivity contribution in [3.05, 3.63) is 48.0 Å². The van der Waals surface area contributed by atoms with Gasteiger partial charge >= 0.3 is 6.03 Å². The lowest BCUT2D eigenvalue weighted by molar-refractivity contribution is -0.0393. The third-order valence-electron chi connectivity index (χ3n) is 4.14. The molecule has 1 aliphatic rings. The van der Waals surface area contributed by atoms with Crippen LogP contribution in [0.1, 0.15) is 19.4 Å². The van der Waals surface area contributed by atoms with E-state index in [1.807, 2.05) is 13.8 Å². The van der Waals surface area contributed by atoms with Crippen LogP contribution in [0.4, 0.5) is 9.18 Å². The summed E-state index contributed by atoms with van der Waals surface area (Å²) in [5, 5.41) is 17.0. The maximum Gasteiger partial charge on any atom is 0.317 e. The van der Waals surface area contributed by atoms with E-state index in [0.29, 0.717) is 13.1 Å². The van der Waals surface area contributed by atoms with Crippen molar-refractivity contribution >= 4 is 6.03 Å². The SMILES string of the molecule is CC(C)OC1CN(C(=O)NCc2cnn(-c3ccc(F)cc3)c2)CC1O. The highest BCUT2D eigenvalue weighted by molar-refractivity contribution is 5.74. The number of carbonyl (C=O) groups excluding carboxylic acids is 1. The van der Waals surface area contributed by atoms with E-state index in [0.717, 1.165) is 11.3 Å². The number of aliphatic hydroxyl groups excluding tert-OH is 1. The van der Waals surface area contributed by atoms with Crippen LogP contribution in [0.2, 0.25) is 0 Å². The van der Waals surface area contributed by atoms with Gasteiger partial charge in [-0.25, -0.2) is 13.9 Å². The van der Waals surface area contributed by atoms with Crippen LogP contribution in [0.3, 0.4) is 0 Å². The number of likely N-dealkylation sites (tertiary alicyclic amines) is 1. The van der Waals surface area contributed by atoms with Crippen LogP contribution in [0, 0.1) is 5.82 Å². The van der Waals surface area contributed by atoms with E-state index in [1.165, 1.54) is 12.1 Å². The van der Waals surface area contributed by atoms with Gasteiger partial charge in [-0.1, -0.05) is 0 Å². The van der Waals surface area contributed by atoms with Crippen molar-refractivity contribution in [3.63, 3.8) is 0 Å². The van der Waals surface area contributed by atoms with Gasteiger partial charge < -0.3 is 20.1 Å². The highest BCUT2D eigenvalue weighted by Crippen LogP contribution is 2.16. The molecule has 2 heterocycles. The van der Waals surface area contributed by atoms with Crippen LogP contribution in [0.5, 0.6) is 0 Å². The molecule has 0 aliphatic carbocycles. The van der Waals surface area contributed by atoms with Crippen molar-refractivity contribution < 1.29 is 19.0 Å². The molecule has 8 heteroatoms. The summed E-state index contributed by atoms with van der Waals surface area (Å²) < 4.78 is 20.2. The first kappa shape index (κ1) is 18.3. The number of aliphatic hydroxyl groups is 1. The summed E-state index contributed by atoms with van der Waals surface area (Å²) in [5.74, 6) is -0.305. The van der Waals surface area contributed by atoms with E-state index in [4.69, 9.17) is 4.74 Å². The number of hydrogen-bond donors (Lipinski definition) is 2. The van der Waals surface area contributed by atoms with Crippen molar-refractivity contribution in [1.82, 2.24) is 20.0 Å². The fourth-order valence-electron chi connectivity index (χ4n) is 2.88. The molecule has 140 valence electrons. The van der Waals surface area contributed by atoms with E-state index in [1.54, 1.807) is 34.1 Å². The van der Waals surface area contributed by atoms with E-state index in [-0.39, 0.29) is 30.6 Å². The van der Waals surface area contributed by atoms with Gasteiger partial charge in [0.2, 0.25) is 0 Å². The highest BCUT2D eigenvalue weighted by atomic mass is 19.1. The molecule has 0 bridgehead atoms. The number of carbonyl (C=O) groups is 1. The predicted molar refractivity (Wildman–Crippen MR) is 93.3 cm³/mol. The second-order valence-electron chi connectivity index (χ2n) is 6.62. The molecule has 7 nitrogen and oxygen atoms in total. The van der Waals surface area contributed by atoms with Crippen LogP contribution >= 0.6 is 0 Å². The summed E-state index contributed by atoms with van der Waals surface area (Å²) in [6.07, 6.45) is 2.38. The molecule has 26 heavy (non-hydrogen) atoms. The van der Waals surface area contributed by atoms with Gasteiger partial charge in [-0.05, 0) is 38.1 Å². The molecule has 1 aromatic heterocycles. The minimum Gasteiger partial charge on any atom is -0.388 e. The molecular formula is C18H23FN4O3. The topological polar surface area (TPSA) is 79.6 Å². The zero-order valence-electron chi connectivity index (χ0n) is 14.8. The lowest BCUT2D eigenvalue weighted by Gasteiger charge is -2.18. The number of halogens is 1. The quantitative estimate of drug-likeness (QED) is 0.848. The Balaban J connectivity index is 1.53. The fourth-order valence-corrected chi connectivity index (χ4v) is 2.88. The summed E-state index contributed by atoms with van der Waals surface area (Å²) in [4.78, 5) is 13.8. The average molecular weight is 362 g/mol. The number of nitrogens with zero attached hydrogens (tertiary/aromatic N) is 3. The lowest BCUT2D eigenvalue weighted by Crippen LogP contribution is -2.39. The molecule has 2 atom stereocenters. The van der Waals surface area contributed by atoms with Crippen molar-refractivity contribution in [2.45, 2.75) is 38.7 Å². The zero-order chi connectivity index (χ0) is 18.7. The van der Waals surface area contributed by atoms with Crippen molar-refractivity contribution in [2.24, 2.45) is 0 Å². The second-order valence-corrected chi connectivity index (χ2v) is 6.62. The van der Waals surface area contributed by atoms with Crippen LogP contribution in [-0.2, 0) is 11.3 Å². The molecule has 1 fully saturated rings. The van der Waals surface area contributed by atoms with Gasteiger partial charge in [0, 0.05) is 18.3 Å². The number of β-amino-alcohol motifs (C(OH)–C–C–N with tert-alkyl or cyclic N) is 1. The van der Waals surface area contributed by atoms with E-state index < -0.39 is 6.10 Å². The molecule has 2 aromatic rings. The smallest absolute Gasteiger partial charge is 0.317 e. The Morgan fingerprint density at radius 1 is 1.38 bits per heavy atom. The van der Waals surface area contributed by atoms with Crippen molar-refractivity contribution in [3.8, 4) is 5.69 Å². The normalized spacial score (nSPS) is 20.0. The maximum atomic E-state index is 13.0. The van der Waals surface area contributed by atoms with Gasteiger partial charge in [-0.15, -0.1) is 0 Å². The number of hydrogen-bond acceptors (Lipinski definition) is 4. The first-order valence-corrected chi connectivity index (χ1v) is 8.58. The molecule has 1 aromatic carbocycles. The molecule has 2 N–H and O–H groups in total. The molecule has 3 rings (SSSR count). The summed E-state index contributed by atoms with van der Waals surface area (Å²) >= 11 is 0. The number of rotatable bonds is 5. The molecule has 1 aliphatic heterocycles. The first-order valence-electron chi connectivity index (χ1n) is 8.58. The highest BCUT2D eigenvalue weighted by Gasteiger charge is 2.35. The van der Waals surface area contributed by atoms with E-state index in [2.05, 4.69) is 10.4 Å². The predicted octanol–water partition coefficient (Wildman–Crippen LogP) is 1.69. The number of urea groups is 1. The van der Waals surface area contributed by atoms with E-state index >= 15 is 0 Å². The van der Waals surface area contributed by atoms with Crippen LogP contribution in [-0.4, -0.2) is 57.2 Å². The molecule has 1 saturated heterocycles. The average Bonchev–Trinajstić information content (AvgIpc) is 3.20. The molecule has 0 saturated carbocycles. The van der Waals surface area contributed by atoms with Gasteiger partial charge in [0.15, 0.2) is 0 Å². The number of nitrogens with one attached hydrogen (secondary N) is 1. The summed E-state index contributed by atoms with van der Waals surface area (Å²) in [6, 6.07) is 5.74. The first-order chi connectivity index (χ1) is 12.4. The van der Waals surface area contributed by atoms with Crippen LogP contribution in [0.25, 0.3) is 5.69 Å². The van der Waals surface area contributed by atoms with Gasteiger partial charge in [-0.3, -0.25) is 0 Å². The maximum absolute atomic E-state index is 13.0. The lowest BCUT2D eigenvalue weighted by atomic mass is 10.2. The Kier molecular flexibility index (Phi) is 5.53. The van der Waals surface area contributed by atoms with Crippen molar-refractivity contribution in [1.29, 1.82) is 0 Å². The Morgan fingerprint density at radius 2 is 2.12 bits per heavy atom. The third kappa shape index (κ3) is 4.39. The molecule has 0 radical (unpaired) electrons. The van der Waals surface area contributed by atoms with Crippen molar-refractivity contribution in [2.75, 3.05) is 13.1 Å². The standard InChI is InChI=1S/C18H23FN4O3/c1-12(2)26-17-11-22(10-16(17)24)18(25)20-7-13-8-21-23(9-13)15-5-3-14(19)4-6-15/h3-6,8-9,12,16-17,24H,7,10-11H2,1-2H3,(H,20,25). The minimum atomic E-state index is -0.677. The molecule has 2 amide bonds. The van der Waals surface area contributed by atoms with E-state index in [9.17, 15) is 14.3 Å². The fraction of sp³-hybridized carbons (Fsp3) is 0.444. The Hall–Kier alpha value is -2.45. The Bertz CT molecular complexity index is 747.